The predicted molar refractivity (Wildman–Crippen MR) is 429 cm³/mol. The van der Waals surface area contributed by atoms with Gasteiger partial charge in [0.05, 0.1) is 32.0 Å². The number of hydrogen-bond acceptors (Lipinski definition) is 13. The van der Waals surface area contributed by atoms with Crippen LogP contribution in [0.3, 0.4) is 0 Å². The molecule has 14 nitrogen and oxygen atoms in total. The molecule has 0 spiro atoms. The largest absolute Gasteiger partial charge is 0.394 e. The van der Waals surface area contributed by atoms with Gasteiger partial charge in [0.1, 0.15) is 48.8 Å². The van der Waals surface area contributed by atoms with Crippen molar-refractivity contribution >= 4 is 5.91 Å². The van der Waals surface area contributed by atoms with Crippen molar-refractivity contribution in [3.05, 3.63) is 24.3 Å². The minimum absolute atomic E-state index is 0.238. The van der Waals surface area contributed by atoms with Crippen molar-refractivity contribution in [2.75, 3.05) is 19.8 Å². The molecule has 0 bridgehead atoms. The summed E-state index contributed by atoms with van der Waals surface area (Å²) in [4.78, 5) is 13.4. The summed E-state index contributed by atoms with van der Waals surface area (Å²) in [6.07, 6.45) is 80.3. The van der Waals surface area contributed by atoms with Crippen molar-refractivity contribution in [1.82, 2.24) is 5.32 Å². The van der Waals surface area contributed by atoms with Crippen LogP contribution in [0.2, 0.25) is 0 Å². The van der Waals surface area contributed by atoms with Crippen LogP contribution in [0.15, 0.2) is 24.3 Å². The summed E-state index contributed by atoms with van der Waals surface area (Å²) in [7, 11) is 0. The molecule has 103 heavy (non-hydrogen) atoms. The van der Waals surface area contributed by atoms with E-state index in [1.165, 1.54) is 379 Å². The highest BCUT2D eigenvalue weighted by atomic mass is 16.7. The topological polar surface area (TPSA) is 228 Å². The summed E-state index contributed by atoms with van der Waals surface area (Å²) in [6.45, 7) is 2.87. The molecule has 2 fully saturated rings. The number of allylic oxidation sites excluding steroid dienone is 3. The molecule has 0 radical (unpaired) electrons. The van der Waals surface area contributed by atoms with E-state index in [9.17, 15) is 45.6 Å². The van der Waals surface area contributed by atoms with Gasteiger partial charge in [-0.1, -0.05) is 430 Å². The summed E-state index contributed by atoms with van der Waals surface area (Å²) in [5, 5.41) is 87.8. The third-order valence-electron chi connectivity index (χ3n) is 22.4. The molecule has 12 atom stereocenters. The molecule has 0 saturated carbocycles. The maximum absolute atomic E-state index is 13.4. The SMILES string of the molecule is CCCCCCCCCCCCCCCCCCCCCCCCC/C=C/CC/C=C/C(O)C(COC1OC(CO)C(OC2OC(CO)C(O)C(O)C2O)C(O)C1O)NC(=O)CCCCCCCCCCCCCCCCCCCCCCCCCCCCCCCCCCCCCCCCCC. The molecule has 0 aromatic carbocycles. The van der Waals surface area contributed by atoms with Gasteiger partial charge in [0.15, 0.2) is 12.6 Å². The Hall–Kier alpha value is -1.53. The number of aliphatic hydroxyl groups is 8. The average Bonchev–Trinajstić information content (AvgIpc) is 0.791. The van der Waals surface area contributed by atoms with Crippen molar-refractivity contribution in [1.29, 1.82) is 0 Å². The van der Waals surface area contributed by atoms with E-state index in [0.717, 1.165) is 32.1 Å². The molecule has 2 heterocycles. The molecule has 2 aliphatic heterocycles. The van der Waals surface area contributed by atoms with Gasteiger partial charge in [0.2, 0.25) is 5.91 Å². The first kappa shape index (κ1) is 97.5. The second kappa shape index (κ2) is 73.3. The molecule has 610 valence electrons. The van der Waals surface area contributed by atoms with Crippen molar-refractivity contribution in [3.63, 3.8) is 0 Å². The molecule has 2 aliphatic rings. The van der Waals surface area contributed by atoms with Crippen molar-refractivity contribution in [3.8, 4) is 0 Å². The zero-order valence-corrected chi connectivity index (χ0v) is 67.4. The van der Waals surface area contributed by atoms with E-state index in [1.54, 1.807) is 6.08 Å². The van der Waals surface area contributed by atoms with E-state index in [2.05, 4.69) is 31.3 Å². The zero-order valence-electron chi connectivity index (χ0n) is 67.4. The van der Waals surface area contributed by atoms with Crippen LogP contribution in [0, 0.1) is 0 Å². The lowest BCUT2D eigenvalue weighted by atomic mass is 9.97. The van der Waals surface area contributed by atoms with E-state index in [-0.39, 0.29) is 18.9 Å². The summed E-state index contributed by atoms with van der Waals surface area (Å²) in [6, 6.07) is -0.931. The molecular formula is C89H171NO13. The monoisotopic (exact) mass is 1460 g/mol. The first-order valence-corrected chi connectivity index (χ1v) is 45.1. The van der Waals surface area contributed by atoms with Crippen molar-refractivity contribution < 1.29 is 64.6 Å². The molecule has 0 aromatic heterocycles. The van der Waals surface area contributed by atoms with Crippen LogP contribution in [0.25, 0.3) is 0 Å². The first-order valence-electron chi connectivity index (χ1n) is 45.1. The third kappa shape index (κ3) is 55.5. The third-order valence-corrected chi connectivity index (χ3v) is 22.4. The first-order chi connectivity index (χ1) is 50.6. The molecular weight excluding hydrogens is 1290 g/mol. The fourth-order valence-electron chi connectivity index (χ4n) is 15.3. The number of ether oxygens (including phenoxy) is 4. The lowest BCUT2D eigenvalue weighted by Gasteiger charge is -2.46. The quantitative estimate of drug-likeness (QED) is 0.0204. The maximum Gasteiger partial charge on any atom is 0.220 e. The summed E-state index contributed by atoms with van der Waals surface area (Å²) in [5.41, 5.74) is 0. The van der Waals surface area contributed by atoms with Gasteiger partial charge in [0.25, 0.3) is 0 Å². The number of carbonyl (C=O) groups is 1. The van der Waals surface area contributed by atoms with E-state index in [1.807, 2.05) is 6.08 Å². The molecule has 14 heteroatoms. The molecule has 2 rings (SSSR count). The summed E-state index contributed by atoms with van der Waals surface area (Å²) >= 11 is 0. The van der Waals surface area contributed by atoms with Gasteiger partial charge in [-0.2, -0.15) is 0 Å². The number of rotatable bonds is 78. The second-order valence-electron chi connectivity index (χ2n) is 32.1. The second-order valence-corrected chi connectivity index (χ2v) is 32.1. The van der Waals surface area contributed by atoms with E-state index in [0.29, 0.717) is 12.8 Å². The Morgan fingerprint density at radius 1 is 0.340 bits per heavy atom. The highest BCUT2D eigenvalue weighted by molar-refractivity contribution is 5.76. The highest BCUT2D eigenvalue weighted by Crippen LogP contribution is 2.31. The Bertz CT molecular complexity index is 1820. The average molecular weight is 1460 g/mol. The Morgan fingerprint density at radius 2 is 0.621 bits per heavy atom. The van der Waals surface area contributed by atoms with Crippen LogP contribution >= 0.6 is 0 Å². The van der Waals surface area contributed by atoms with Crippen molar-refractivity contribution in [2.45, 2.75) is 518 Å². The van der Waals surface area contributed by atoms with Gasteiger partial charge in [-0.3, -0.25) is 4.79 Å². The van der Waals surface area contributed by atoms with Crippen LogP contribution in [0.5, 0.6) is 0 Å². The predicted octanol–water partition coefficient (Wildman–Crippen LogP) is 21.8. The molecule has 0 aliphatic carbocycles. The van der Waals surface area contributed by atoms with Gasteiger partial charge in [-0.15, -0.1) is 0 Å². The fraction of sp³-hybridized carbons (Fsp3) is 0.944. The molecule has 1 amide bonds. The number of hydrogen-bond donors (Lipinski definition) is 9. The van der Waals surface area contributed by atoms with Crippen LogP contribution in [-0.2, 0) is 23.7 Å². The van der Waals surface area contributed by atoms with E-state index < -0.39 is 86.8 Å². The van der Waals surface area contributed by atoms with Gasteiger partial charge < -0.3 is 65.1 Å². The zero-order chi connectivity index (χ0) is 74.4. The fourth-order valence-corrected chi connectivity index (χ4v) is 15.3. The van der Waals surface area contributed by atoms with Crippen molar-refractivity contribution in [2.24, 2.45) is 0 Å². The van der Waals surface area contributed by atoms with Crippen LogP contribution in [0.1, 0.15) is 444 Å². The van der Waals surface area contributed by atoms with Gasteiger partial charge in [0, 0.05) is 6.42 Å². The lowest BCUT2D eigenvalue weighted by molar-refractivity contribution is -0.359. The standard InChI is InChI=1S/C89H171NO13/c1-3-5-7-9-11-13-15-17-19-21-23-25-27-29-31-33-34-35-36-37-38-39-40-41-42-43-45-47-49-51-53-55-57-59-61-63-65-67-69-71-73-81(94)90-77(76-100-88-86(99)84(97)87(80(75-92)102-88)103-89-85(98)83(96)82(95)79(74-91)101-89)78(93)72-70-68-66-64-62-60-58-56-54-52-50-48-46-44-32-30-28-26-24-22-20-18-16-14-12-10-8-6-4-2/h62,64,70,72,77-80,82-89,91-93,95-99H,3-61,63,65-69,71,73-76H2,1-2H3,(H,90,94)/b64-62+,72-70+. The number of nitrogens with one attached hydrogen (secondary N) is 1. The minimum Gasteiger partial charge on any atom is -0.394 e. The van der Waals surface area contributed by atoms with Crippen LogP contribution in [0.4, 0.5) is 0 Å². The Labute approximate surface area is 634 Å². The van der Waals surface area contributed by atoms with Crippen LogP contribution in [-0.4, -0.2) is 140 Å². The molecule has 0 aromatic rings. The van der Waals surface area contributed by atoms with Gasteiger partial charge in [-0.25, -0.2) is 0 Å². The molecule has 2 saturated heterocycles. The van der Waals surface area contributed by atoms with Gasteiger partial charge in [-0.05, 0) is 32.1 Å². The molecule has 12 unspecified atom stereocenters. The summed E-state index contributed by atoms with van der Waals surface area (Å²) < 4.78 is 22.9. The number of amides is 1. The van der Waals surface area contributed by atoms with Gasteiger partial charge >= 0.3 is 0 Å². The number of carbonyl (C=O) groups excluding carboxylic acids is 1. The Morgan fingerprint density at radius 3 is 0.951 bits per heavy atom. The maximum atomic E-state index is 13.4. The normalized spacial score (nSPS) is 21.6. The minimum atomic E-state index is -1.79. The summed E-state index contributed by atoms with van der Waals surface area (Å²) in [5.74, 6) is -0.238. The number of aliphatic hydroxyl groups excluding tert-OH is 8. The van der Waals surface area contributed by atoms with E-state index >= 15 is 0 Å². The lowest BCUT2D eigenvalue weighted by Crippen LogP contribution is -2.65. The van der Waals surface area contributed by atoms with Crippen LogP contribution < -0.4 is 5.32 Å². The number of unbranched alkanes of at least 4 members (excludes halogenated alkanes) is 63. The van der Waals surface area contributed by atoms with E-state index in [4.69, 9.17) is 18.9 Å². The molecule has 9 N–H and O–H groups in total. The smallest absolute Gasteiger partial charge is 0.220 e. The Balaban J connectivity index is 1.56. The highest BCUT2D eigenvalue weighted by Gasteiger charge is 2.51. The Kier molecular flexibility index (Phi) is 69.4.